The van der Waals surface area contributed by atoms with Crippen LogP contribution in [-0.2, 0) is 6.42 Å². The Morgan fingerprint density at radius 2 is 1.73 bits per heavy atom. The Bertz CT molecular complexity index is 959. The number of benzene rings is 2. The van der Waals surface area contributed by atoms with Crippen molar-refractivity contribution < 1.29 is 17.6 Å². The van der Waals surface area contributed by atoms with Gasteiger partial charge in [0.2, 0.25) is 0 Å². The first-order chi connectivity index (χ1) is 14.4. The number of hydrogen-bond acceptors (Lipinski definition) is 0. The van der Waals surface area contributed by atoms with Crippen LogP contribution in [0.5, 0.6) is 0 Å². The zero-order valence-electron chi connectivity index (χ0n) is 17.0. The molecule has 2 aliphatic carbocycles. The first kappa shape index (κ1) is 21.4. The van der Waals surface area contributed by atoms with E-state index < -0.39 is 28.3 Å². The van der Waals surface area contributed by atoms with E-state index in [4.69, 9.17) is 11.6 Å². The fourth-order valence-corrected chi connectivity index (χ4v) is 5.33. The van der Waals surface area contributed by atoms with E-state index in [9.17, 15) is 13.2 Å². The Morgan fingerprint density at radius 1 is 1.00 bits per heavy atom. The molecule has 0 aliphatic heterocycles. The minimum absolute atomic E-state index is 0.140. The fourth-order valence-electron chi connectivity index (χ4n) is 5.22. The van der Waals surface area contributed by atoms with Crippen molar-refractivity contribution in [3.05, 3.63) is 69.8 Å². The van der Waals surface area contributed by atoms with Gasteiger partial charge in [-0.2, -0.15) is 0 Å². The molecule has 2 aromatic rings. The maximum Gasteiger partial charge on any atom is 0.145 e. The lowest BCUT2D eigenvalue weighted by atomic mass is 9.65. The molecule has 0 radical (unpaired) electrons. The minimum Gasteiger partial charge on any atom is -0.206 e. The molecule has 160 valence electrons. The van der Waals surface area contributed by atoms with Crippen molar-refractivity contribution in [3.63, 3.8) is 0 Å². The number of rotatable bonds is 4. The van der Waals surface area contributed by atoms with Crippen LogP contribution >= 0.6 is 11.6 Å². The number of hydrogen-bond donors (Lipinski definition) is 0. The summed E-state index contributed by atoms with van der Waals surface area (Å²) in [5, 5.41) is -0.676. The van der Waals surface area contributed by atoms with E-state index in [1.54, 1.807) is 0 Å². The predicted molar refractivity (Wildman–Crippen MR) is 113 cm³/mol. The van der Waals surface area contributed by atoms with Crippen LogP contribution in [-0.4, -0.2) is 0 Å². The Labute approximate surface area is 179 Å². The third kappa shape index (κ3) is 3.91. The molecule has 0 bridgehead atoms. The van der Waals surface area contributed by atoms with E-state index in [0.717, 1.165) is 56.2 Å². The molecular weight excluding hydrogens is 412 g/mol. The molecule has 0 spiro atoms. The van der Waals surface area contributed by atoms with E-state index in [0.29, 0.717) is 23.8 Å². The standard InChI is InChI=1S/C25H25ClF4/c1-2-3-4-5-14-6-8-17-15(10-14)7-9-18-19(17)13-20(27)23(25(18)30)16-11-21(28)24(26)22(29)12-16/h4-5,11-15,17H,2-3,6-10H2,1H3. The smallest absolute Gasteiger partial charge is 0.145 e. The van der Waals surface area contributed by atoms with Gasteiger partial charge < -0.3 is 0 Å². The lowest BCUT2D eigenvalue weighted by molar-refractivity contribution is 0.234. The van der Waals surface area contributed by atoms with Crippen molar-refractivity contribution in [2.45, 2.75) is 57.8 Å². The summed E-state index contributed by atoms with van der Waals surface area (Å²) in [4.78, 5) is 0. The molecule has 1 saturated carbocycles. The summed E-state index contributed by atoms with van der Waals surface area (Å²) in [6.45, 7) is 2.16. The monoisotopic (exact) mass is 436 g/mol. The predicted octanol–water partition coefficient (Wildman–Crippen LogP) is 8.37. The summed E-state index contributed by atoms with van der Waals surface area (Å²) >= 11 is 5.52. The molecule has 0 amide bonds. The topological polar surface area (TPSA) is 0 Å². The van der Waals surface area contributed by atoms with Gasteiger partial charge in [-0.1, -0.05) is 37.1 Å². The summed E-state index contributed by atoms with van der Waals surface area (Å²) in [6, 6.07) is 3.17. The maximum atomic E-state index is 15.4. The molecule has 0 saturated heterocycles. The zero-order chi connectivity index (χ0) is 21.4. The van der Waals surface area contributed by atoms with Crippen LogP contribution in [0.15, 0.2) is 30.4 Å². The van der Waals surface area contributed by atoms with Gasteiger partial charge in [-0.3, -0.25) is 0 Å². The summed E-state index contributed by atoms with van der Waals surface area (Å²) in [5.74, 6) is -2.45. The molecule has 3 unspecified atom stereocenters. The molecule has 2 aliphatic rings. The summed E-state index contributed by atoms with van der Waals surface area (Å²) in [5.41, 5.74) is 0.677. The molecule has 5 heteroatoms. The molecule has 4 rings (SSSR count). The van der Waals surface area contributed by atoms with Crippen molar-refractivity contribution in [2.75, 3.05) is 0 Å². The van der Waals surface area contributed by atoms with Gasteiger partial charge in [0.1, 0.15) is 28.3 Å². The Balaban J connectivity index is 1.66. The lowest BCUT2D eigenvalue weighted by Gasteiger charge is -2.40. The molecule has 0 heterocycles. The first-order valence-electron chi connectivity index (χ1n) is 10.7. The highest BCUT2D eigenvalue weighted by Gasteiger charge is 2.37. The van der Waals surface area contributed by atoms with Gasteiger partial charge >= 0.3 is 0 Å². The van der Waals surface area contributed by atoms with Crippen LogP contribution in [0.25, 0.3) is 11.1 Å². The third-order valence-electron chi connectivity index (χ3n) is 6.68. The number of fused-ring (bicyclic) bond motifs is 3. The summed E-state index contributed by atoms with van der Waals surface area (Å²) < 4.78 is 58.1. The summed E-state index contributed by atoms with van der Waals surface area (Å²) in [7, 11) is 0. The maximum absolute atomic E-state index is 15.4. The molecule has 0 nitrogen and oxygen atoms in total. The molecule has 2 aromatic carbocycles. The van der Waals surface area contributed by atoms with E-state index in [1.165, 1.54) is 6.07 Å². The first-order valence-corrected chi connectivity index (χ1v) is 11.1. The van der Waals surface area contributed by atoms with E-state index in [-0.39, 0.29) is 17.0 Å². The fraction of sp³-hybridized carbons (Fsp3) is 0.440. The van der Waals surface area contributed by atoms with E-state index in [1.807, 2.05) is 0 Å². The SMILES string of the molecule is CCCC=CC1CCC2c3cc(F)c(-c4cc(F)c(Cl)c(F)c4)c(F)c3CCC2C1. The zero-order valence-corrected chi connectivity index (χ0v) is 17.7. The highest BCUT2D eigenvalue weighted by molar-refractivity contribution is 6.31. The van der Waals surface area contributed by atoms with Gasteiger partial charge in [0.25, 0.3) is 0 Å². The Hall–Kier alpha value is -1.81. The van der Waals surface area contributed by atoms with Gasteiger partial charge in [0, 0.05) is 0 Å². The molecule has 0 aromatic heterocycles. The second kappa shape index (κ2) is 8.74. The van der Waals surface area contributed by atoms with Crippen LogP contribution in [0.2, 0.25) is 5.02 Å². The second-order valence-electron chi connectivity index (χ2n) is 8.56. The van der Waals surface area contributed by atoms with Crippen LogP contribution in [0.4, 0.5) is 17.6 Å². The van der Waals surface area contributed by atoms with E-state index >= 15 is 4.39 Å². The Morgan fingerprint density at radius 3 is 2.43 bits per heavy atom. The van der Waals surface area contributed by atoms with Crippen LogP contribution in [0.3, 0.4) is 0 Å². The average molecular weight is 437 g/mol. The number of unbranched alkanes of at least 4 members (excludes halogenated alkanes) is 1. The number of halogens is 5. The second-order valence-corrected chi connectivity index (χ2v) is 8.94. The van der Waals surface area contributed by atoms with Crippen LogP contribution in [0.1, 0.15) is 62.5 Å². The van der Waals surface area contributed by atoms with Crippen molar-refractivity contribution in [2.24, 2.45) is 11.8 Å². The number of allylic oxidation sites excluding steroid dienone is 2. The lowest BCUT2D eigenvalue weighted by Crippen LogP contribution is -2.28. The highest BCUT2D eigenvalue weighted by atomic mass is 35.5. The normalized spacial score (nSPS) is 23.5. The minimum atomic E-state index is -1.03. The van der Waals surface area contributed by atoms with Gasteiger partial charge in [-0.15, -0.1) is 0 Å². The van der Waals surface area contributed by atoms with Gasteiger partial charge in [0.05, 0.1) is 5.56 Å². The Kier molecular flexibility index (Phi) is 6.24. The van der Waals surface area contributed by atoms with E-state index in [2.05, 4.69) is 19.1 Å². The molecular formula is C25H25ClF4. The highest BCUT2D eigenvalue weighted by Crippen LogP contribution is 2.49. The van der Waals surface area contributed by atoms with Crippen molar-refractivity contribution in [3.8, 4) is 11.1 Å². The quantitative estimate of drug-likeness (QED) is 0.256. The third-order valence-corrected chi connectivity index (χ3v) is 7.04. The average Bonchev–Trinajstić information content (AvgIpc) is 2.72. The summed E-state index contributed by atoms with van der Waals surface area (Å²) in [6.07, 6.45) is 11.1. The van der Waals surface area contributed by atoms with Crippen LogP contribution in [0, 0.1) is 35.1 Å². The van der Waals surface area contributed by atoms with Gasteiger partial charge in [-0.05, 0) is 91.2 Å². The molecule has 0 N–H and O–H groups in total. The largest absolute Gasteiger partial charge is 0.206 e. The van der Waals surface area contributed by atoms with Crippen molar-refractivity contribution >= 4 is 11.6 Å². The van der Waals surface area contributed by atoms with Crippen LogP contribution < -0.4 is 0 Å². The van der Waals surface area contributed by atoms with Gasteiger partial charge in [0.15, 0.2) is 0 Å². The molecule has 1 fully saturated rings. The van der Waals surface area contributed by atoms with Crippen molar-refractivity contribution in [1.29, 1.82) is 0 Å². The van der Waals surface area contributed by atoms with Gasteiger partial charge in [-0.25, -0.2) is 17.6 Å². The van der Waals surface area contributed by atoms with Crippen molar-refractivity contribution in [1.82, 2.24) is 0 Å². The molecule has 3 atom stereocenters. The molecule has 30 heavy (non-hydrogen) atoms.